The van der Waals surface area contributed by atoms with Gasteiger partial charge < -0.3 is 14.6 Å². The quantitative estimate of drug-likeness (QED) is 0.741. The number of nitrogens with one attached hydrogen (secondary N) is 1. The van der Waals surface area contributed by atoms with Crippen LogP contribution < -0.4 is 0 Å². The van der Waals surface area contributed by atoms with E-state index in [1.807, 2.05) is 0 Å². The summed E-state index contributed by atoms with van der Waals surface area (Å²) < 4.78 is 37.1. The fourth-order valence-corrected chi connectivity index (χ4v) is 4.19. The van der Waals surface area contributed by atoms with Gasteiger partial charge in [0.25, 0.3) is 0 Å². The van der Waals surface area contributed by atoms with Crippen LogP contribution in [-0.4, -0.2) is 67.5 Å². The van der Waals surface area contributed by atoms with Crippen LogP contribution >= 0.6 is 0 Å². The maximum atomic E-state index is 12.7. The van der Waals surface area contributed by atoms with E-state index in [9.17, 15) is 13.5 Å². The van der Waals surface area contributed by atoms with Gasteiger partial charge in [-0.2, -0.15) is 9.40 Å². The van der Waals surface area contributed by atoms with E-state index in [2.05, 4.69) is 10.2 Å². The van der Waals surface area contributed by atoms with E-state index in [1.165, 1.54) is 18.5 Å². The number of aliphatic hydroxyl groups is 1. The van der Waals surface area contributed by atoms with E-state index < -0.39 is 16.6 Å². The monoisotopic (exact) mass is 305 g/mol. The van der Waals surface area contributed by atoms with Gasteiger partial charge in [0.1, 0.15) is 10.6 Å². The highest BCUT2D eigenvalue weighted by Crippen LogP contribution is 2.27. The molecule has 8 nitrogen and oxygen atoms in total. The zero-order valence-corrected chi connectivity index (χ0v) is 12.5. The summed E-state index contributed by atoms with van der Waals surface area (Å²) in [5.74, 6) is 0. The van der Waals surface area contributed by atoms with E-state index in [-0.39, 0.29) is 35.9 Å². The Hall–Kier alpha value is -1.00. The largest absolute Gasteiger partial charge is 0.390 e. The molecule has 9 heteroatoms. The van der Waals surface area contributed by atoms with Gasteiger partial charge in [0.05, 0.1) is 24.5 Å². The third-order valence-electron chi connectivity index (χ3n) is 3.50. The summed E-state index contributed by atoms with van der Waals surface area (Å²) in [6.45, 7) is 1.60. The standard InChI is InChI=1S/C11H19N3O5S/c1-7-11(8(6-15)13-12-7)20(16,17)14-4-9(18-2)10(5-14)19-3/h9-10,15H,4-6H2,1-3H3,(H,12,13). The molecule has 1 aliphatic rings. The number of ether oxygens (including phenoxy) is 2. The third kappa shape index (κ3) is 2.47. The zero-order valence-electron chi connectivity index (χ0n) is 11.7. The molecule has 0 saturated carbocycles. The zero-order chi connectivity index (χ0) is 14.9. The third-order valence-corrected chi connectivity index (χ3v) is 5.53. The molecule has 0 radical (unpaired) electrons. The van der Waals surface area contributed by atoms with Crippen LogP contribution in [0.15, 0.2) is 4.90 Å². The number of aryl methyl sites for hydroxylation is 1. The number of hydrogen-bond donors (Lipinski definition) is 2. The summed E-state index contributed by atoms with van der Waals surface area (Å²) in [5.41, 5.74) is 0.529. The molecule has 1 aromatic rings. The van der Waals surface area contributed by atoms with Gasteiger partial charge in [-0.05, 0) is 6.92 Å². The molecule has 1 saturated heterocycles. The molecule has 0 spiro atoms. The van der Waals surface area contributed by atoms with Crippen molar-refractivity contribution in [1.82, 2.24) is 14.5 Å². The lowest BCUT2D eigenvalue weighted by atomic mass is 10.3. The highest BCUT2D eigenvalue weighted by Gasteiger charge is 2.41. The van der Waals surface area contributed by atoms with E-state index in [0.29, 0.717) is 5.69 Å². The number of sulfonamides is 1. The molecule has 2 rings (SSSR count). The van der Waals surface area contributed by atoms with Crippen molar-refractivity contribution >= 4 is 10.0 Å². The lowest BCUT2D eigenvalue weighted by Gasteiger charge is -2.16. The van der Waals surface area contributed by atoms with Crippen molar-refractivity contribution < 1.29 is 23.0 Å². The number of aliphatic hydroxyl groups excluding tert-OH is 1. The van der Waals surface area contributed by atoms with Crippen LogP contribution in [0.1, 0.15) is 11.4 Å². The maximum absolute atomic E-state index is 12.7. The number of methoxy groups -OCH3 is 2. The van der Waals surface area contributed by atoms with Gasteiger partial charge in [-0.3, -0.25) is 5.10 Å². The summed E-state index contributed by atoms with van der Waals surface area (Å²) in [5, 5.41) is 15.6. The summed E-state index contributed by atoms with van der Waals surface area (Å²) in [7, 11) is -0.689. The highest BCUT2D eigenvalue weighted by molar-refractivity contribution is 7.89. The minimum atomic E-state index is -3.74. The van der Waals surface area contributed by atoms with Crippen LogP contribution in [0.5, 0.6) is 0 Å². The van der Waals surface area contributed by atoms with E-state index >= 15 is 0 Å². The van der Waals surface area contributed by atoms with Crippen molar-refractivity contribution in [2.45, 2.75) is 30.6 Å². The van der Waals surface area contributed by atoms with Crippen LogP contribution in [-0.2, 0) is 26.1 Å². The first kappa shape index (κ1) is 15.4. The van der Waals surface area contributed by atoms with Gasteiger partial charge in [0, 0.05) is 27.3 Å². The second kappa shape index (κ2) is 5.78. The molecule has 2 heterocycles. The van der Waals surface area contributed by atoms with Crippen LogP contribution in [0.2, 0.25) is 0 Å². The Morgan fingerprint density at radius 1 is 1.35 bits per heavy atom. The summed E-state index contributed by atoms with van der Waals surface area (Å²) in [4.78, 5) is 0.0339. The predicted molar refractivity (Wildman–Crippen MR) is 69.6 cm³/mol. The van der Waals surface area contributed by atoms with Crippen molar-refractivity contribution in [3.8, 4) is 0 Å². The molecule has 1 aromatic heterocycles. The Bertz CT molecular complexity index is 559. The molecular formula is C11H19N3O5S. The maximum Gasteiger partial charge on any atom is 0.247 e. The van der Waals surface area contributed by atoms with Crippen LogP contribution in [0.3, 0.4) is 0 Å². The Kier molecular flexibility index (Phi) is 4.45. The normalized spacial score (nSPS) is 24.4. The number of H-pyrrole nitrogens is 1. The first-order valence-electron chi connectivity index (χ1n) is 6.16. The van der Waals surface area contributed by atoms with Gasteiger partial charge in [-0.25, -0.2) is 8.42 Å². The predicted octanol–water partition coefficient (Wildman–Crippen LogP) is -0.755. The SMILES string of the molecule is COC1CN(S(=O)(=O)c2c(CO)n[nH]c2C)CC1OC. The van der Waals surface area contributed by atoms with Gasteiger partial charge in [-0.1, -0.05) is 0 Å². The van der Waals surface area contributed by atoms with Crippen molar-refractivity contribution in [3.63, 3.8) is 0 Å². The Morgan fingerprint density at radius 3 is 2.35 bits per heavy atom. The van der Waals surface area contributed by atoms with E-state index in [4.69, 9.17) is 9.47 Å². The van der Waals surface area contributed by atoms with Gasteiger partial charge >= 0.3 is 0 Å². The number of rotatable bonds is 5. The Balaban J connectivity index is 2.34. The van der Waals surface area contributed by atoms with Crippen LogP contribution in [0.25, 0.3) is 0 Å². The van der Waals surface area contributed by atoms with Crippen molar-refractivity contribution in [2.24, 2.45) is 0 Å². The number of nitrogens with zero attached hydrogens (tertiary/aromatic N) is 2. The topological polar surface area (TPSA) is 105 Å². The highest BCUT2D eigenvalue weighted by atomic mass is 32.2. The number of hydrogen-bond acceptors (Lipinski definition) is 6. The molecule has 114 valence electrons. The summed E-state index contributed by atoms with van der Waals surface area (Å²) in [6, 6.07) is 0. The van der Waals surface area contributed by atoms with Crippen molar-refractivity contribution in [1.29, 1.82) is 0 Å². The van der Waals surface area contributed by atoms with Gasteiger partial charge in [-0.15, -0.1) is 0 Å². The molecule has 20 heavy (non-hydrogen) atoms. The fourth-order valence-electron chi connectivity index (χ4n) is 2.41. The molecule has 2 atom stereocenters. The first-order valence-corrected chi connectivity index (χ1v) is 7.60. The molecule has 0 amide bonds. The molecule has 0 aromatic carbocycles. The molecular weight excluding hydrogens is 286 g/mol. The van der Waals surface area contributed by atoms with Crippen molar-refractivity contribution in [3.05, 3.63) is 11.4 Å². The van der Waals surface area contributed by atoms with Crippen molar-refractivity contribution in [2.75, 3.05) is 27.3 Å². The Morgan fingerprint density at radius 2 is 1.90 bits per heavy atom. The molecule has 0 bridgehead atoms. The number of aromatic nitrogens is 2. The minimum Gasteiger partial charge on any atom is -0.390 e. The fraction of sp³-hybridized carbons (Fsp3) is 0.727. The van der Waals surface area contributed by atoms with Crippen LogP contribution in [0.4, 0.5) is 0 Å². The lowest BCUT2D eigenvalue weighted by molar-refractivity contribution is -0.00461. The molecule has 2 unspecified atom stereocenters. The average molecular weight is 305 g/mol. The number of aromatic amines is 1. The second-order valence-corrected chi connectivity index (χ2v) is 6.53. The molecule has 0 aliphatic carbocycles. The van der Waals surface area contributed by atoms with Crippen LogP contribution in [0, 0.1) is 6.92 Å². The molecule has 2 N–H and O–H groups in total. The van der Waals surface area contributed by atoms with Gasteiger partial charge in [0.15, 0.2) is 0 Å². The van der Waals surface area contributed by atoms with E-state index in [1.54, 1.807) is 6.92 Å². The summed E-state index contributed by atoms with van der Waals surface area (Å²) >= 11 is 0. The van der Waals surface area contributed by atoms with Gasteiger partial charge in [0.2, 0.25) is 10.0 Å². The lowest BCUT2D eigenvalue weighted by Crippen LogP contribution is -2.31. The minimum absolute atomic E-state index is 0.0339. The average Bonchev–Trinajstić information content (AvgIpc) is 3.01. The van der Waals surface area contributed by atoms with E-state index in [0.717, 1.165) is 0 Å². The molecule has 1 fully saturated rings. The smallest absolute Gasteiger partial charge is 0.247 e. The Labute approximate surface area is 117 Å². The first-order chi connectivity index (χ1) is 9.45. The summed E-state index contributed by atoms with van der Waals surface area (Å²) in [6.07, 6.45) is -0.612. The second-order valence-electron chi connectivity index (χ2n) is 4.65. The molecule has 1 aliphatic heterocycles.